The molecule has 0 spiro atoms. The van der Waals surface area contributed by atoms with Gasteiger partial charge in [-0.25, -0.2) is 0 Å². The van der Waals surface area contributed by atoms with Crippen LogP contribution in [0.15, 0.2) is 36.4 Å². The third-order valence-electron chi connectivity index (χ3n) is 7.37. The minimum absolute atomic E-state index is 0.402. The van der Waals surface area contributed by atoms with E-state index in [2.05, 4.69) is 36.4 Å². The summed E-state index contributed by atoms with van der Waals surface area (Å²) in [7, 11) is 0. The lowest BCUT2D eigenvalue weighted by Gasteiger charge is -2.52. The first kappa shape index (κ1) is 18.2. The monoisotopic (exact) mass is 378 g/mol. The van der Waals surface area contributed by atoms with Crippen molar-refractivity contribution < 1.29 is 14.3 Å². The molecule has 2 aromatic carbocycles. The average molecular weight is 379 g/mol. The lowest BCUT2D eigenvalue weighted by Crippen LogP contribution is -2.52. The van der Waals surface area contributed by atoms with E-state index < -0.39 is 11.9 Å². The van der Waals surface area contributed by atoms with Crippen molar-refractivity contribution in [3.8, 4) is 5.75 Å². The molecule has 5 rings (SSSR count). The summed E-state index contributed by atoms with van der Waals surface area (Å²) in [6.45, 7) is 0. The number of hydrogen-bond donors (Lipinski definition) is 0. The summed E-state index contributed by atoms with van der Waals surface area (Å²) in [6.07, 6.45) is 12.5. The summed E-state index contributed by atoms with van der Waals surface area (Å²) in [5.41, 5.74) is 0.823. The van der Waals surface area contributed by atoms with Crippen molar-refractivity contribution >= 4 is 17.1 Å². The predicted molar refractivity (Wildman–Crippen MR) is 110 cm³/mol. The van der Waals surface area contributed by atoms with Crippen LogP contribution in [0.4, 0.5) is 0 Å². The number of benzene rings is 2. The molecule has 28 heavy (non-hydrogen) atoms. The maximum absolute atomic E-state index is 11.8. The molecule has 3 nitrogen and oxygen atoms in total. The van der Waals surface area contributed by atoms with Crippen molar-refractivity contribution in [2.75, 3.05) is 0 Å². The first-order valence-corrected chi connectivity index (χ1v) is 11.1. The van der Waals surface area contributed by atoms with Crippen LogP contribution >= 0.6 is 0 Å². The molecule has 0 N–H and O–H groups in total. The van der Waals surface area contributed by atoms with Crippen LogP contribution in [0.1, 0.15) is 69.8 Å². The summed E-state index contributed by atoms with van der Waals surface area (Å²) in [4.78, 5) is 11.8. The highest BCUT2D eigenvalue weighted by atomic mass is 16.7. The zero-order chi connectivity index (χ0) is 19.0. The van der Waals surface area contributed by atoms with Crippen LogP contribution in [-0.2, 0) is 15.1 Å². The minimum atomic E-state index is -0.794. The van der Waals surface area contributed by atoms with Gasteiger partial charge in [0.2, 0.25) is 0 Å². The number of carbonyl (C=O) groups is 1. The Morgan fingerprint density at radius 2 is 1.46 bits per heavy atom. The van der Waals surface area contributed by atoms with Gasteiger partial charge in [0.15, 0.2) is 6.29 Å². The van der Waals surface area contributed by atoms with Gasteiger partial charge in [0.25, 0.3) is 6.29 Å². The lowest BCUT2D eigenvalue weighted by molar-refractivity contribution is -0.237. The zero-order valence-electron chi connectivity index (χ0n) is 16.6. The maximum Gasteiger partial charge on any atom is 0.257 e. The Morgan fingerprint density at radius 3 is 2.11 bits per heavy atom. The van der Waals surface area contributed by atoms with E-state index in [-0.39, 0.29) is 0 Å². The third-order valence-corrected chi connectivity index (χ3v) is 7.37. The standard InChI is InChI=1S/C25H30O3/c26-17-23-27-22-16-15-18-9-7-8-14-21(18)24(22)25(28-23,19-10-3-1-4-11-19)20-12-5-2-6-13-20/h7-9,14-17,19-20,23H,1-6,10-13H2. The van der Waals surface area contributed by atoms with Gasteiger partial charge < -0.3 is 9.47 Å². The van der Waals surface area contributed by atoms with Gasteiger partial charge in [-0.2, -0.15) is 0 Å². The van der Waals surface area contributed by atoms with E-state index in [4.69, 9.17) is 9.47 Å². The van der Waals surface area contributed by atoms with E-state index in [1.54, 1.807) is 0 Å². The Bertz CT molecular complexity index is 828. The van der Waals surface area contributed by atoms with E-state index in [1.807, 2.05) is 0 Å². The second-order valence-corrected chi connectivity index (χ2v) is 8.86. The maximum atomic E-state index is 11.8. The number of fused-ring (bicyclic) bond motifs is 3. The van der Waals surface area contributed by atoms with Crippen molar-refractivity contribution in [3.05, 3.63) is 42.0 Å². The molecule has 0 amide bonds. The van der Waals surface area contributed by atoms with Gasteiger partial charge in [0.1, 0.15) is 11.4 Å². The van der Waals surface area contributed by atoms with Gasteiger partial charge in [-0.1, -0.05) is 68.9 Å². The Balaban J connectivity index is 1.76. The number of rotatable bonds is 3. The van der Waals surface area contributed by atoms with Gasteiger partial charge in [0.05, 0.1) is 0 Å². The van der Waals surface area contributed by atoms with Gasteiger partial charge >= 0.3 is 0 Å². The number of ether oxygens (including phenoxy) is 2. The molecule has 2 fully saturated rings. The minimum Gasteiger partial charge on any atom is -0.457 e. The smallest absolute Gasteiger partial charge is 0.257 e. The van der Waals surface area contributed by atoms with Crippen molar-refractivity contribution in [1.82, 2.24) is 0 Å². The van der Waals surface area contributed by atoms with Crippen molar-refractivity contribution in [2.24, 2.45) is 11.8 Å². The van der Waals surface area contributed by atoms with Crippen LogP contribution in [0.25, 0.3) is 10.8 Å². The van der Waals surface area contributed by atoms with E-state index >= 15 is 0 Å². The molecule has 148 valence electrons. The Kier molecular flexibility index (Phi) is 4.88. The second kappa shape index (κ2) is 7.51. The Hall–Kier alpha value is -1.87. The molecule has 0 saturated heterocycles. The summed E-state index contributed by atoms with van der Waals surface area (Å²) in [5, 5.41) is 2.47. The van der Waals surface area contributed by atoms with Gasteiger partial charge in [-0.05, 0) is 54.4 Å². The van der Waals surface area contributed by atoms with Gasteiger partial charge in [0, 0.05) is 5.56 Å². The van der Waals surface area contributed by atoms with Crippen LogP contribution in [-0.4, -0.2) is 12.6 Å². The topological polar surface area (TPSA) is 35.5 Å². The highest BCUT2D eigenvalue weighted by Gasteiger charge is 2.54. The molecule has 3 heteroatoms. The molecule has 0 bridgehead atoms. The third kappa shape index (κ3) is 2.86. The first-order chi connectivity index (χ1) is 13.8. The molecule has 2 saturated carbocycles. The molecule has 1 aliphatic heterocycles. The molecule has 2 aromatic rings. The molecular formula is C25H30O3. The Labute approximate surface area is 167 Å². The van der Waals surface area contributed by atoms with E-state index in [0.29, 0.717) is 11.8 Å². The van der Waals surface area contributed by atoms with Crippen molar-refractivity contribution in [3.63, 3.8) is 0 Å². The summed E-state index contributed by atoms with van der Waals surface area (Å²) in [6, 6.07) is 12.8. The van der Waals surface area contributed by atoms with E-state index in [9.17, 15) is 4.79 Å². The molecule has 0 radical (unpaired) electrons. The van der Waals surface area contributed by atoms with Crippen LogP contribution in [0.5, 0.6) is 5.75 Å². The largest absolute Gasteiger partial charge is 0.457 e. The first-order valence-electron chi connectivity index (χ1n) is 11.1. The molecule has 1 unspecified atom stereocenters. The van der Waals surface area contributed by atoms with Gasteiger partial charge in [-0.3, -0.25) is 4.79 Å². The number of carbonyl (C=O) groups excluding carboxylic acids is 1. The lowest BCUT2D eigenvalue weighted by atomic mass is 9.62. The summed E-state index contributed by atoms with van der Waals surface area (Å²) in [5.74, 6) is 1.78. The average Bonchev–Trinajstić information content (AvgIpc) is 2.79. The fourth-order valence-corrected chi connectivity index (χ4v) is 6.21. The predicted octanol–water partition coefficient (Wildman–Crippen LogP) is 6.13. The fraction of sp³-hybridized carbons (Fsp3) is 0.560. The number of aldehydes is 1. The van der Waals surface area contributed by atoms with Crippen LogP contribution in [0.2, 0.25) is 0 Å². The van der Waals surface area contributed by atoms with Crippen LogP contribution in [0, 0.1) is 11.8 Å². The molecule has 1 atom stereocenters. The highest BCUT2D eigenvalue weighted by Crippen LogP contribution is 2.57. The molecule has 3 aliphatic rings. The quantitative estimate of drug-likeness (QED) is 0.603. The molecular weight excluding hydrogens is 348 g/mol. The van der Waals surface area contributed by atoms with Gasteiger partial charge in [-0.15, -0.1) is 0 Å². The Morgan fingerprint density at radius 1 is 0.821 bits per heavy atom. The second-order valence-electron chi connectivity index (χ2n) is 8.86. The normalized spacial score (nSPS) is 25.8. The molecule has 0 aromatic heterocycles. The fourth-order valence-electron chi connectivity index (χ4n) is 6.21. The van der Waals surface area contributed by atoms with E-state index in [1.165, 1.54) is 80.5 Å². The number of hydrogen-bond acceptors (Lipinski definition) is 3. The molecule has 2 aliphatic carbocycles. The van der Waals surface area contributed by atoms with Crippen molar-refractivity contribution in [1.29, 1.82) is 0 Å². The van der Waals surface area contributed by atoms with Crippen LogP contribution < -0.4 is 4.74 Å². The zero-order valence-corrected chi connectivity index (χ0v) is 16.6. The summed E-state index contributed by atoms with van der Waals surface area (Å²) < 4.78 is 12.8. The molecule has 1 heterocycles. The highest BCUT2D eigenvalue weighted by molar-refractivity contribution is 5.89. The van der Waals surface area contributed by atoms with Crippen LogP contribution in [0.3, 0.4) is 0 Å². The van der Waals surface area contributed by atoms with E-state index in [0.717, 1.165) is 12.0 Å². The summed E-state index contributed by atoms with van der Waals surface area (Å²) >= 11 is 0. The SMILES string of the molecule is O=CC1Oc2ccc3ccccc3c2C(C2CCCCC2)(C2CCCCC2)O1. The van der Waals surface area contributed by atoms with Crippen molar-refractivity contribution in [2.45, 2.75) is 76.1 Å².